The lowest BCUT2D eigenvalue weighted by Gasteiger charge is -2.39. The molecule has 0 heterocycles. The molecule has 0 aromatic carbocycles. The quantitative estimate of drug-likeness (QED) is 0.212. The van der Waals surface area contributed by atoms with Crippen molar-refractivity contribution in [1.29, 1.82) is 0 Å². The van der Waals surface area contributed by atoms with Crippen LogP contribution in [0, 0.1) is 0 Å². The zero-order chi connectivity index (χ0) is 15.8. The second-order valence-electron chi connectivity index (χ2n) is 6.75. The van der Waals surface area contributed by atoms with Crippen LogP contribution in [0.1, 0.15) is 91.4 Å². The first-order valence-corrected chi connectivity index (χ1v) is 10.8. The predicted octanol–water partition coefficient (Wildman–Crippen LogP) is 3.55. The van der Waals surface area contributed by atoms with Crippen LogP contribution in [0.15, 0.2) is 0 Å². The molecule has 0 radical (unpaired) electrons. The summed E-state index contributed by atoms with van der Waals surface area (Å²) in [6.07, 6.45) is 15.4. The highest BCUT2D eigenvalue weighted by molar-refractivity contribution is 9.09. The molecule has 1 nitrogen and oxygen atoms in total. The topological polar surface area (TPSA) is 0 Å². The molecule has 0 spiro atoms. The zero-order valence-electron chi connectivity index (χ0n) is 15.5. The summed E-state index contributed by atoms with van der Waals surface area (Å²) in [4.78, 5) is 0. The molecule has 0 N–H and O–H groups in total. The number of hydrogen-bond acceptors (Lipinski definition) is 0. The largest absolute Gasteiger partial charge is 1.00 e. The summed E-state index contributed by atoms with van der Waals surface area (Å²) in [7, 11) is 0. The fourth-order valence-corrected chi connectivity index (χ4v) is 3.56. The molecular formula is C19H41BrClN. The van der Waals surface area contributed by atoms with Crippen molar-refractivity contribution in [2.24, 2.45) is 0 Å². The number of unbranched alkanes of at least 4 members (excludes halogenated alkanes) is 7. The van der Waals surface area contributed by atoms with Gasteiger partial charge in [-0.05, 0) is 32.1 Å². The third-order valence-corrected chi connectivity index (χ3v) is 5.28. The minimum atomic E-state index is 0. The Morgan fingerprint density at radius 3 is 1.36 bits per heavy atom. The highest BCUT2D eigenvalue weighted by atomic mass is 79.9. The maximum absolute atomic E-state index is 3.65. The van der Waals surface area contributed by atoms with Crippen molar-refractivity contribution < 1.29 is 16.9 Å². The van der Waals surface area contributed by atoms with Gasteiger partial charge < -0.3 is 16.9 Å². The second-order valence-corrected chi connectivity index (χ2v) is 7.55. The van der Waals surface area contributed by atoms with Gasteiger partial charge in [-0.15, -0.1) is 0 Å². The molecule has 0 fully saturated rings. The van der Waals surface area contributed by atoms with Crippen molar-refractivity contribution in [2.45, 2.75) is 91.4 Å². The molecule has 0 saturated heterocycles. The first kappa shape index (κ1) is 25.0. The van der Waals surface area contributed by atoms with Gasteiger partial charge in [-0.2, -0.15) is 0 Å². The van der Waals surface area contributed by atoms with E-state index in [4.69, 9.17) is 0 Å². The summed E-state index contributed by atoms with van der Waals surface area (Å²) >= 11 is 3.65. The van der Waals surface area contributed by atoms with Gasteiger partial charge >= 0.3 is 0 Å². The smallest absolute Gasteiger partial charge is 0.0794 e. The van der Waals surface area contributed by atoms with Crippen molar-refractivity contribution in [2.75, 3.05) is 31.5 Å². The second kappa shape index (κ2) is 18.1. The molecule has 0 aromatic rings. The van der Waals surface area contributed by atoms with Crippen LogP contribution >= 0.6 is 15.9 Å². The minimum Gasteiger partial charge on any atom is -1.00 e. The monoisotopic (exact) mass is 397 g/mol. The van der Waals surface area contributed by atoms with Gasteiger partial charge in [-0.3, -0.25) is 0 Å². The lowest BCUT2D eigenvalue weighted by atomic mass is 10.1. The molecule has 3 heteroatoms. The van der Waals surface area contributed by atoms with Crippen LogP contribution in [0.2, 0.25) is 0 Å². The number of quaternary nitrogens is 1. The van der Waals surface area contributed by atoms with Crippen LogP contribution < -0.4 is 12.4 Å². The lowest BCUT2D eigenvalue weighted by Crippen LogP contribution is -3.00. The van der Waals surface area contributed by atoms with E-state index < -0.39 is 0 Å². The van der Waals surface area contributed by atoms with Crippen molar-refractivity contribution in [1.82, 2.24) is 0 Å². The summed E-state index contributed by atoms with van der Waals surface area (Å²) in [5.74, 6) is 0. The van der Waals surface area contributed by atoms with E-state index in [9.17, 15) is 0 Å². The zero-order valence-corrected chi connectivity index (χ0v) is 17.9. The van der Waals surface area contributed by atoms with Gasteiger partial charge in [0.15, 0.2) is 0 Å². The first-order valence-electron chi connectivity index (χ1n) is 9.65. The molecule has 0 saturated carbocycles. The number of halogens is 2. The van der Waals surface area contributed by atoms with Crippen molar-refractivity contribution >= 4 is 15.9 Å². The van der Waals surface area contributed by atoms with Crippen molar-refractivity contribution in [3.8, 4) is 0 Å². The molecule has 0 bridgehead atoms. The summed E-state index contributed by atoms with van der Waals surface area (Å²) in [5.41, 5.74) is 0. The van der Waals surface area contributed by atoms with E-state index in [-0.39, 0.29) is 12.4 Å². The highest BCUT2D eigenvalue weighted by Crippen LogP contribution is 2.18. The Hall–Kier alpha value is 0.730. The molecule has 0 aliphatic rings. The van der Waals surface area contributed by atoms with E-state index in [0.29, 0.717) is 0 Å². The molecular weight excluding hydrogens is 358 g/mol. The first-order chi connectivity index (χ1) is 10.2. The van der Waals surface area contributed by atoms with E-state index >= 15 is 0 Å². The van der Waals surface area contributed by atoms with Crippen LogP contribution in [0.5, 0.6) is 0 Å². The lowest BCUT2D eigenvalue weighted by molar-refractivity contribution is -0.928. The normalized spacial score (nSPS) is 11.5. The number of alkyl halides is 1. The van der Waals surface area contributed by atoms with Crippen LogP contribution in [0.3, 0.4) is 0 Å². The van der Waals surface area contributed by atoms with Gasteiger partial charge in [-0.25, -0.2) is 0 Å². The predicted molar refractivity (Wildman–Crippen MR) is 101 cm³/mol. The van der Waals surface area contributed by atoms with E-state index in [1.807, 2.05) is 0 Å². The van der Waals surface area contributed by atoms with Gasteiger partial charge in [0, 0.05) is 11.8 Å². The van der Waals surface area contributed by atoms with Gasteiger partial charge in [0.1, 0.15) is 0 Å². The van der Waals surface area contributed by atoms with Crippen LogP contribution in [-0.4, -0.2) is 36.0 Å². The Bertz CT molecular complexity index is 190. The van der Waals surface area contributed by atoms with E-state index in [0.717, 1.165) is 0 Å². The van der Waals surface area contributed by atoms with Gasteiger partial charge in [0.2, 0.25) is 0 Å². The Morgan fingerprint density at radius 1 is 0.545 bits per heavy atom. The Balaban J connectivity index is 0. The van der Waals surface area contributed by atoms with Gasteiger partial charge in [0.25, 0.3) is 0 Å². The molecule has 22 heavy (non-hydrogen) atoms. The molecule has 136 valence electrons. The number of hydrogen-bond donors (Lipinski definition) is 0. The minimum absolute atomic E-state index is 0. The van der Waals surface area contributed by atoms with Crippen molar-refractivity contribution in [3.05, 3.63) is 0 Å². The van der Waals surface area contributed by atoms with Gasteiger partial charge in [-0.1, -0.05) is 68.8 Å². The summed E-state index contributed by atoms with van der Waals surface area (Å²) < 4.78 is 1.41. The third-order valence-electron chi connectivity index (χ3n) is 4.72. The summed E-state index contributed by atoms with van der Waals surface area (Å²) in [6, 6.07) is 0. The third kappa shape index (κ3) is 13.2. The Labute approximate surface area is 155 Å². The van der Waals surface area contributed by atoms with E-state index in [2.05, 4.69) is 36.7 Å². The standard InChI is InChI=1S/C19H41BrN.ClH/c1-4-7-10-12-17-21(16-9-6-3,19-14-15-20)18-13-11-8-5-2;/h4-19H2,1-3H3;1H/q+1;/p-1. The highest BCUT2D eigenvalue weighted by Gasteiger charge is 2.25. The van der Waals surface area contributed by atoms with Crippen LogP contribution in [0.25, 0.3) is 0 Å². The summed E-state index contributed by atoms with van der Waals surface area (Å²) in [5, 5.41) is 1.17. The summed E-state index contributed by atoms with van der Waals surface area (Å²) in [6.45, 7) is 12.6. The van der Waals surface area contributed by atoms with Crippen molar-refractivity contribution in [3.63, 3.8) is 0 Å². The van der Waals surface area contributed by atoms with Crippen LogP contribution in [-0.2, 0) is 0 Å². The average Bonchev–Trinajstić information content (AvgIpc) is 2.51. The molecule has 0 aromatic heterocycles. The molecule has 0 amide bonds. The molecule has 0 rings (SSSR count). The SMILES string of the molecule is CCCCCC[N+](CCCC)(CCCBr)CCCCCC.[Cl-]. The molecule has 0 unspecified atom stereocenters. The van der Waals surface area contributed by atoms with Crippen LogP contribution in [0.4, 0.5) is 0 Å². The maximum Gasteiger partial charge on any atom is 0.0794 e. The fraction of sp³-hybridized carbons (Fsp3) is 1.00. The average molecular weight is 399 g/mol. The Kier molecular flexibility index (Phi) is 20.5. The fourth-order valence-electron chi connectivity index (χ4n) is 3.31. The number of rotatable bonds is 16. The maximum atomic E-state index is 3.65. The van der Waals surface area contributed by atoms with E-state index in [1.165, 1.54) is 107 Å². The Morgan fingerprint density at radius 2 is 0.955 bits per heavy atom. The molecule has 0 aliphatic carbocycles. The number of nitrogens with zero attached hydrogens (tertiary/aromatic N) is 1. The molecule has 0 atom stereocenters. The van der Waals surface area contributed by atoms with E-state index in [1.54, 1.807) is 0 Å². The molecule has 0 aliphatic heterocycles. The van der Waals surface area contributed by atoms with Gasteiger partial charge in [0.05, 0.1) is 26.2 Å².